The van der Waals surface area contributed by atoms with E-state index in [2.05, 4.69) is 32.6 Å². The highest BCUT2D eigenvalue weighted by molar-refractivity contribution is 5.95. The molecule has 52 heavy (non-hydrogen) atoms. The maximum absolute atomic E-state index is 13.6. The average molecular weight is 736 g/mol. The molecule has 15 heteroatoms. The van der Waals surface area contributed by atoms with Gasteiger partial charge in [-0.15, -0.1) is 0 Å². The van der Waals surface area contributed by atoms with Gasteiger partial charge in [0, 0.05) is 45.5 Å². The summed E-state index contributed by atoms with van der Waals surface area (Å²) in [6.07, 6.45) is 11.8. The van der Waals surface area contributed by atoms with Crippen molar-refractivity contribution in [2.45, 2.75) is 159 Å². The Morgan fingerprint density at radius 3 is 2.35 bits per heavy atom. The Labute approximate surface area is 306 Å². The van der Waals surface area contributed by atoms with Gasteiger partial charge in [-0.25, -0.2) is 4.79 Å². The fourth-order valence-electron chi connectivity index (χ4n) is 6.51. The third-order valence-corrected chi connectivity index (χ3v) is 9.36. The normalized spacial score (nSPS) is 25.0. The summed E-state index contributed by atoms with van der Waals surface area (Å²) in [6, 6.07) is 0.508. The van der Waals surface area contributed by atoms with E-state index in [9.17, 15) is 29.1 Å². The van der Waals surface area contributed by atoms with Crippen molar-refractivity contribution in [2.75, 3.05) is 20.8 Å². The number of carbonyl (C=O) groups is 3. The lowest BCUT2D eigenvalue weighted by molar-refractivity contribution is -0.224. The van der Waals surface area contributed by atoms with E-state index in [1.54, 1.807) is 14.2 Å². The first-order valence-corrected chi connectivity index (χ1v) is 19.0. The predicted octanol–water partition coefficient (Wildman–Crippen LogP) is 3.06. The number of ether oxygens (including phenoxy) is 4. The second kappa shape index (κ2) is 23.2. The van der Waals surface area contributed by atoms with Crippen molar-refractivity contribution < 1.29 is 38.4 Å². The number of hydrogen-bond donors (Lipinski definition) is 5. The Morgan fingerprint density at radius 2 is 1.67 bits per heavy atom. The summed E-state index contributed by atoms with van der Waals surface area (Å²) in [7, 11) is 3.25. The van der Waals surface area contributed by atoms with Crippen molar-refractivity contribution in [1.82, 2.24) is 25.5 Å². The number of nitrogens with zero attached hydrogens (tertiary/aromatic N) is 1. The van der Waals surface area contributed by atoms with E-state index in [1.165, 1.54) is 61.4 Å². The zero-order valence-electron chi connectivity index (χ0n) is 31.4. The highest BCUT2D eigenvalue weighted by atomic mass is 16.7. The molecule has 0 aliphatic carbocycles. The molecule has 2 saturated heterocycles. The molecule has 7 atom stereocenters. The van der Waals surface area contributed by atoms with Crippen LogP contribution in [0.1, 0.15) is 123 Å². The minimum absolute atomic E-state index is 0.0147. The van der Waals surface area contributed by atoms with Crippen LogP contribution in [0, 0.1) is 0 Å². The molecule has 3 aliphatic rings. The zero-order chi connectivity index (χ0) is 37.9. The van der Waals surface area contributed by atoms with Crippen LogP contribution in [0.2, 0.25) is 0 Å². The molecule has 4 rings (SSSR count). The minimum Gasteiger partial charge on any atom is -0.457 e. The van der Waals surface area contributed by atoms with E-state index < -0.39 is 59.9 Å². The third kappa shape index (κ3) is 14.1. The summed E-state index contributed by atoms with van der Waals surface area (Å²) < 4.78 is 23.5. The fourth-order valence-corrected chi connectivity index (χ4v) is 6.51. The van der Waals surface area contributed by atoms with Gasteiger partial charge in [0.05, 0.1) is 6.10 Å². The number of unbranched alkanes of at least 4 members (excludes halogenated alkanes) is 9. The number of carbonyl (C=O) groups excluding carboxylic acids is 3. The molecule has 2 fully saturated rings. The molecule has 0 bridgehead atoms. The lowest BCUT2D eigenvalue weighted by Gasteiger charge is -2.33. The number of aromatic amines is 1. The van der Waals surface area contributed by atoms with Crippen molar-refractivity contribution in [3.63, 3.8) is 0 Å². The van der Waals surface area contributed by atoms with Crippen LogP contribution in [0.15, 0.2) is 33.7 Å². The molecule has 4 heterocycles. The smallest absolute Gasteiger partial charge is 0.330 e. The summed E-state index contributed by atoms with van der Waals surface area (Å²) in [6.45, 7) is 4.55. The summed E-state index contributed by atoms with van der Waals surface area (Å²) in [5.41, 5.74) is -1.17. The molecule has 0 spiro atoms. The van der Waals surface area contributed by atoms with Gasteiger partial charge in [-0.05, 0) is 51.5 Å². The van der Waals surface area contributed by atoms with E-state index in [0.717, 1.165) is 38.5 Å². The number of nitrogens with one attached hydrogen (secondary N) is 4. The van der Waals surface area contributed by atoms with Gasteiger partial charge in [-0.3, -0.25) is 28.7 Å². The third-order valence-electron chi connectivity index (χ3n) is 9.36. The van der Waals surface area contributed by atoms with Crippen LogP contribution >= 0.6 is 0 Å². The molecule has 1 aromatic heterocycles. The van der Waals surface area contributed by atoms with Crippen molar-refractivity contribution in [3.05, 3.63) is 44.9 Å². The lowest BCUT2D eigenvalue weighted by atomic mass is 10.1. The van der Waals surface area contributed by atoms with E-state index in [-0.39, 0.29) is 24.1 Å². The Hall–Kier alpha value is -3.53. The van der Waals surface area contributed by atoms with Crippen molar-refractivity contribution in [3.8, 4) is 0 Å². The van der Waals surface area contributed by atoms with E-state index >= 15 is 0 Å². The Morgan fingerprint density at radius 1 is 1.00 bits per heavy atom. The molecular weight excluding hydrogens is 674 g/mol. The van der Waals surface area contributed by atoms with E-state index in [1.807, 2.05) is 6.92 Å². The minimum atomic E-state index is -1.37. The van der Waals surface area contributed by atoms with Gasteiger partial charge in [0.1, 0.15) is 18.4 Å². The lowest BCUT2D eigenvalue weighted by Crippen LogP contribution is -2.51. The molecule has 6 unspecified atom stereocenters. The van der Waals surface area contributed by atoms with Gasteiger partial charge in [-0.1, -0.05) is 64.7 Å². The fraction of sp³-hybridized carbons (Fsp3) is 0.757. The highest BCUT2D eigenvalue weighted by Crippen LogP contribution is 2.32. The first-order valence-electron chi connectivity index (χ1n) is 19.0. The Kier molecular flexibility index (Phi) is 19.1. The quantitative estimate of drug-likeness (QED) is 0.140. The molecule has 0 aromatic carbocycles. The first-order chi connectivity index (χ1) is 25.1. The highest BCUT2D eigenvalue weighted by Gasteiger charge is 2.42. The monoisotopic (exact) mass is 735 g/mol. The summed E-state index contributed by atoms with van der Waals surface area (Å²) >= 11 is 0. The first kappa shape index (κ1) is 42.9. The molecule has 0 radical (unpaired) electrons. The van der Waals surface area contributed by atoms with Gasteiger partial charge in [0.2, 0.25) is 12.2 Å². The predicted molar refractivity (Wildman–Crippen MR) is 194 cm³/mol. The largest absolute Gasteiger partial charge is 0.457 e. The molecule has 1 aromatic rings. The number of aliphatic hydroxyl groups is 1. The summed E-state index contributed by atoms with van der Waals surface area (Å²) in [5.74, 6) is -1.46. The van der Waals surface area contributed by atoms with Crippen LogP contribution in [-0.2, 0) is 33.3 Å². The second-order valence-corrected chi connectivity index (χ2v) is 13.9. The SMILES string of the molecule is CCCCCCCCCCCCNC(=O)C(OC1OC(C(=O)NC2CCCC(C)NC2=O)=CC[C@@H]1O)C1CCC(n2ccc(=O)[nH]c2=O)O1.COC. The number of hydrogen-bond acceptors (Lipinski definition) is 10. The van der Waals surface area contributed by atoms with Gasteiger partial charge in [0.15, 0.2) is 11.9 Å². The topological polar surface area (TPSA) is 199 Å². The van der Waals surface area contributed by atoms with Crippen molar-refractivity contribution in [1.29, 1.82) is 0 Å². The van der Waals surface area contributed by atoms with Gasteiger partial charge in [-0.2, -0.15) is 0 Å². The Bertz CT molecular complexity index is 1400. The second-order valence-electron chi connectivity index (χ2n) is 13.9. The molecule has 15 nitrogen and oxygen atoms in total. The van der Waals surface area contributed by atoms with Gasteiger partial charge in [0.25, 0.3) is 17.4 Å². The Balaban J connectivity index is 0.00000235. The molecular formula is C37H61N5O10. The number of amides is 3. The zero-order valence-corrected chi connectivity index (χ0v) is 31.4. The number of methoxy groups -OCH3 is 1. The summed E-state index contributed by atoms with van der Waals surface area (Å²) in [5, 5.41) is 19.3. The number of aromatic nitrogens is 2. The van der Waals surface area contributed by atoms with Crippen LogP contribution in [0.4, 0.5) is 0 Å². The van der Waals surface area contributed by atoms with Crippen molar-refractivity contribution >= 4 is 17.7 Å². The van der Waals surface area contributed by atoms with Crippen LogP contribution in [0.25, 0.3) is 0 Å². The maximum Gasteiger partial charge on any atom is 0.330 e. The molecule has 3 aliphatic heterocycles. The van der Waals surface area contributed by atoms with Crippen molar-refractivity contribution in [2.24, 2.45) is 0 Å². The van der Waals surface area contributed by atoms with E-state index in [4.69, 9.17) is 14.2 Å². The van der Waals surface area contributed by atoms with Crippen LogP contribution in [0.3, 0.4) is 0 Å². The molecule has 5 N–H and O–H groups in total. The van der Waals surface area contributed by atoms with Crippen LogP contribution in [-0.4, -0.2) is 89.8 Å². The maximum atomic E-state index is 13.6. The molecule has 0 saturated carbocycles. The average Bonchev–Trinajstić information content (AvgIpc) is 3.53. The van der Waals surface area contributed by atoms with Crippen LogP contribution < -0.4 is 27.2 Å². The standard InChI is InChI=1S/C35H55N5O9.C2H6O/c1-3-4-5-6-7-8-9-10-11-12-21-36-33(45)30(26-18-19-29(47-26)40-22-20-28(42)39-35(40)46)49-34-25(41)16-17-27(48-34)32(44)38-24-15-13-14-23(2)37-31(24)43;1-3-2/h17,20,22-26,29-30,34,41H,3-16,18-19,21H2,1-2H3,(H,36,45)(H,37,43)(H,38,44)(H,39,42,46);1-2H3/t23?,24?,25-,26?,29?,30?,34?;/m0./s1. The van der Waals surface area contributed by atoms with Gasteiger partial charge < -0.3 is 40.0 Å². The number of aliphatic hydroxyl groups excluding tert-OH is 1. The molecule has 294 valence electrons. The van der Waals surface area contributed by atoms with E-state index in [0.29, 0.717) is 25.8 Å². The molecule has 3 amide bonds. The van der Waals surface area contributed by atoms with Gasteiger partial charge >= 0.3 is 5.69 Å². The number of H-pyrrole nitrogens is 1. The number of rotatable bonds is 18. The summed E-state index contributed by atoms with van der Waals surface area (Å²) in [4.78, 5) is 65.5. The van der Waals surface area contributed by atoms with Crippen LogP contribution in [0.5, 0.6) is 0 Å².